The molecule has 4 N–H and O–H groups in total. The number of anilines is 2. The van der Waals surface area contributed by atoms with E-state index in [0.29, 0.717) is 25.2 Å². The number of carbonyl (C=O) groups excluding carboxylic acids is 2. The van der Waals surface area contributed by atoms with E-state index in [1.165, 1.54) is 12.1 Å². The fourth-order valence-electron chi connectivity index (χ4n) is 3.48. The number of rotatable bonds is 5. The molecule has 8 nitrogen and oxygen atoms in total. The molecule has 9 heteroatoms. The molecule has 2 aliphatic rings. The zero-order valence-electron chi connectivity index (χ0n) is 14.7. The van der Waals surface area contributed by atoms with Crippen LogP contribution in [-0.2, 0) is 14.4 Å². The van der Waals surface area contributed by atoms with Gasteiger partial charge in [0.05, 0.1) is 17.7 Å². The quantitative estimate of drug-likeness (QED) is 0.560. The van der Waals surface area contributed by atoms with E-state index in [2.05, 4.69) is 10.6 Å². The molecular weight excluding hydrogens is 357 g/mol. The summed E-state index contributed by atoms with van der Waals surface area (Å²) in [6, 6.07) is 3.92. The van der Waals surface area contributed by atoms with Gasteiger partial charge in [-0.05, 0) is 37.5 Å². The van der Waals surface area contributed by atoms with Crippen molar-refractivity contribution in [3.05, 3.63) is 24.0 Å². The highest BCUT2D eigenvalue weighted by atomic mass is 19.1. The minimum Gasteiger partial charge on any atom is -0.481 e. The molecule has 146 valence electrons. The van der Waals surface area contributed by atoms with E-state index < -0.39 is 29.3 Å². The molecule has 0 bridgehead atoms. The van der Waals surface area contributed by atoms with E-state index in [9.17, 15) is 23.9 Å². The van der Waals surface area contributed by atoms with Crippen LogP contribution in [0.2, 0.25) is 0 Å². The molecule has 1 atom stereocenters. The average molecular weight is 379 g/mol. The third-order valence-electron chi connectivity index (χ3n) is 5.06. The molecule has 1 aromatic carbocycles. The highest BCUT2D eigenvalue weighted by molar-refractivity contribution is 6.01. The second-order valence-corrected chi connectivity index (χ2v) is 7.09. The van der Waals surface area contributed by atoms with E-state index in [1.54, 1.807) is 6.07 Å². The SMILES string of the molecule is O=C(O)CC1(O)CCN(c2ccc(NC3CCC(=O)NC3=O)c(F)c2)CC1. The summed E-state index contributed by atoms with van der Waals surface area (Å²) in [4.78, 5) is 35.7. The summed E-state index contributed by atoms with van der Waals surface area (Å²) in [6.07, 6.45) is 0.786. The predicted molar refractivity (Wildman–Crippen MR) is 94.8 cm³/mol. The molecule has 0 radical (unpaired) electrons. The lowest BCUT2D eigenvalue weighted by Gasteiger charge is -2.38. The van der Waals surface area contributed by atoms with Crippen molar-refractivity contribution in [3.63, 3.8) is 0 Å². The number of imide groups is 1. The van der Waals surface area contributed by atoms with Gasteiger partial charge in [-0.2, -0.15) is 0 Å². The van der Waals surface area contributed by atoms with Crippen LogP contribution in [0.3, 0.4) is 0 Å². The van der Waals surface area contributed by atoms with E-state index in [1.807, 2.05) is 4.90 Å². The lowest BCUT2D eigenvalue weighted by Crippen LogP contribution is -2.47. The average Bonchev–Trinajstić information content (AvgIpc) is 2.58. The summed E-state index contributed by atoms with van der Waals surface area (Å²) >= 11 is 0. The largest absolute Gasteiger partial charge is 0.481 e. The van der Waals surface area contributed by atoms with Crippen molar-refractivity contribution < 1.29 is 29.0 Å². The van der Waals surface area contributed by atoms with E-state index >= 15 is 0 Å². The van der Waals surface area contributed by atoms with Crippen molar-refractivity contribution in [1.82, 2.24) is 5.32 Å². The number of aliphatic hydroxyl groups is 1. The molecule has 1 aromatic rings. The van der Waals surface area contributed by atoms with E-state index in [4.69, 9.17) is 5.11 Å². The Hall–Kier alpha value is -2.68. The number of halogens is 1. The Morgan fingerprint density at radius 2 is 2.04 bits per heavy atom. The molecule has 2 aliphatic heterocycles. The zero-order chi connectivity index (χ0) is 19.6. The second kappa shape index (κ2) is 7.51. The summed E-state index contributed by atoms with van der Waals surface area (Å²) in [5, 5.41) is 24.2. The van der Waals surface area contributed by atoms with Crippen molar-refractivity contribution in [2.24, 2.45) is 0 Å². The standard InChI is InChI=1S/C18H22FN3O5/c19-12-9-11(22-7-5-18(27,6-8-22)10-16(24)25)1-2-13(12)20-14-3-4-15(23)21-17(14)26/h1-2,9,14,20,27H,3-8,10H2,(H,24,25)(H,21,23,26). The Labute approximate surface area is 155 Å². The molecule has 0 aliphatic carbocycles. The topological polar surface area (TPSA) is 119 Å². The van der Waals surface area contributed by atoms with Crippen LogP contribution in [0.25, 0.3) is 0 Å². The van der Waals surface area contributed by atoms with E-state index in [0.717, 1.165) is 0 Å². The number of benzene rings is 1. The number of nitrogens with one attached hydrogen (secondary N) is 2. The van der Waals surface area contributed by atoms with Crippen LogP contribution in [0.15, 0.2) is 18.2 Å². The Kier molecular flexibility index (Phi) is 5.31. The first-order chi connectivity index (χ1) is 12.8. The van der Waals surface area contributed by atoms with Gasteiger partial charge in [0.25, 0.3) is 0 Å². The molecule has 0 saturated carbocycles. The minimum absolute atomic E-state index is 0.174. The number of carbonyl (C=O) groups is 3. The fourth-order valence-corrected chi connectivity index (χ4v) is 3.48. The van der Waals surface area contributed by atoms with Crippen molar-refractivity contribution in [3.8, 4) is 0 Å². The zero-order valence-corrected chi connectivity index (χ0v) is 14.7. The smallest absolute Gasteiger partial charge is 0.306 e. The molecule has 2 fully saturated rings. The molecule has 0 aromatic heterocycles. The maximum Gasteiger partial charge on any atom is 0.306 e. The van der Waals surface area contributed by atoms with Gasteiger partial charge in [0.1, 0.15) is 11.9 Å². The summed E-state index contributed by atoms with van der Waals surface area (Å²) in [7, 11) is 0. The van der Waals surface area contributed by atoms with Crippen LogP contribution < -0.4 is 15.5 Å². The summed E-state index contributed by atoms with van der Waals surface area (Å²) in [5.74, 6) is -2.37. The summed E-state index contributed by atoms with van der Waals surface area (Å²) < 4.78 is 14.5. The number of hydrogen-bond acceptors (Lipinski definition) is 6. The van der Waals surface area contributed by atoms with Gasteiger partial charge in [-0.15, -0.1) is 0 Å². The number of nitrogens with zero attached hydrogens (tertiary/aromatic N) is 1. The van der Waals surface area contributed by atoms with Gasteiger partial charge >= 0.3 is 5.97 Å². The molecule has 3 rings (SSSR count). The molecule has 2 heterocycles. The Morgan fingerprint density at radius 3 is 2.63 bits per heavy atom. The van der Waals surface area contributed by atoms with Crippen LogP contribution in [0.4, 0.5) is 15.8 Å². The van der Waals surface area contributed by atoms with Crippen LogP contribution in [0.5, 0.6) is 0 Å². The van der Waals surface area contributed by atoms with Crippen LogP contribution >= 0.6 is 0 Å². The van der Waals surface area contributed by atoms with Crippen LogP contribution in [-0.4, -0.2) is 52.7 Å². The molecule has 2 amide bonds. The van der Waals surface area contributed by atoms with Gasteiger partial charge in [-0.1, -0.05) is 0 Å². The minimum atomic E-state index is -1.23. The third-order valence-corrected chi connectivity index (χ3v) is 5.06. The van der Waals surface area contributed by atoms with Crippen molar-refractivity contribution in [2.45, 2.75) is 43.7 Å². The monoisotopic (exact) mass is 379 g/mol. The third kappa shape index (κ3) is 4.54. The van der Waals surface area contributed by atoms with Gasteiger partial charge in [-0.3, -0.25) is 19.7 Å². The van der Waals surface area contributed by atoms with Crippen molar-refractivity contribution >= 4 is 29.2 Å². The number of piperidine rings is 2. The number of hydrogen-bond donors (Lipinski definition) is 4. The number of aliphatic carboxylic acids is 1. The lowest BCUT2D eigenvalue weighted by atomic mass is 9.88. The Morgan fingerprint density at radius 1 is 1.33 bits per heavy atom. The molecule has 0 spiro atoms. The van der Waals surface area contributed by atoms with Crippen LogP contribution in [0.1, 0.15) is 32.1 Å². The van der Waals surface area contributed by atoms with E-state index in [-0.39, 0.29) is 37.3 Å². The highest BCUT2D eigenvalue weighted by Crippen LogP contribution is 2.30. The van der Waals surface area contributed by atoms with Crippen LogP contribution in [0, 0.1) is 5.82 Å². The first-order valence-corrected chi connectivity index (χ1v) is 8.85. The lowest BCUT2D eigenvalue weighted by molar-refractivity contribution is -0.143. The van der Waals surface area contributed by atoms with Gasteiger partial charge in [0.2, 0.25) is 11.8 Å². The first-order valence-electron chi connectivity index (χ1n) is 8.85. The maximum atomic E-state index is 14.5. The van der Waals surface area contributed by atoms with Crippen molar-refractivity contribution in [1.29, 1.82) is 0 Å². The molecule has 2 saturated heterocycles. The summed E-state index contributed by atoms with van der Waals surface area (Å²) in [5.41, 5.74) is -0.430. The number of carboxylic acids is 1. The number of amides is 2. The predicted octanol–water partition coefficient (Wildman–Crippen LogP) is 0.849. The Bertz CT molecular complexity index is 761. The Balaban J connectivity index is 1.63. The fraction of sp³-hybridized carbons (Fsp3) is 0.500. The second-order valence-electron chi connectivity index (χ2n) is 7.09. The highest BCUT2D eigenvalue weighted by Gasteiger charge is 2.34. The maximum absolute atomic E-state index is 14.5. The van der Waals surface area contributed by atoms with Gasteiger partial charge in [-0.25, -0.2) is 4.39 Å². The molecule has 27 heavy (non-hydrogen) atoms. The van der Waals surface area contributed by atoms with Gasteiger partial charge in [0, 0.05) is 25.2 Å². The number of carboxylic acid groups (broad SMARTS) is 1. The summed E-state index contributed by atoms with van der Waals surface area (Å²) in [6.45, 7) is 0.840. The van der Waals surface area contributed by atoms with Gasteiger partial charge in [0.15, 0.2) is 0 Å². The van der Waals surface area contributed by atoms with Gasteiger partial charge < -0.3 is 20.4 Å². The van der Waals surface area contributed by atoms with Crippen molar-refractivity contribution in [2.75, 3.05) is 23.3 Å². The first kappa shape index (κ1) is 19.1. The normalized spacial score (nSPS) is 22.3. The molecule has 1 unspecified atom stereocenters. The molecular formula is C18H22FN3O5.